The van der Waals surface area contributed by atoms with Crippen LogP contribution >= 0.6 is 0 Å². The number of hydrogen-bond acceptors (Lipinski definition) is 4. The van der Waals surface area contributed by atoms with Crippen molar-refractivity contribution >= 4 is 5.97 Å². The van der Waals surface area contributed by atoms with Crippen molar-refractivity contribution in [3.05, 3.63) is 23.0 Å². The van der Waals surface area contributed by atoms with Crippen LogP contribution < -0.4 is 0 Å². The van der Waals surface area contributed by atoms with E-state index >= 15 is 0 Å². The molecule has 0 aliphatic heterocycles. The second kappa shape index (κ2) is 5.49. The number of pyridine rings is 1. The summed E-state index contributed by atoms with van der Waals surface area (Å²) < 4.78 is 4.84. The summed E-state index contributed by atoms with van der Waals surface area (Å²) in [5, 5.41) is 9.68. The maximum atomic E-state index is 11.2. The van der Waals surface area contributed by atoms with Gasteiger partial charge in [-0.15, -0.1) is 0 Å². The number of ether oxygens (including phenoxy) is 1. The number of rotatable bonds is 4. The van der Waals surface area contributed by atoms with E-state index in [4.69, 9.17) is 4.74 Å². The summed E-state index contributed by atoms with van der Waals surface area (Å²) in [6, 6.07) is 0. The lowest BCUT2D eigenvalue weighted by Gasteiger charge is -2.08. The number of aromatic nitrogens is 1. The van der Waals surface area contributed by atoms with Crippen molar-refractivity contribution in [3.63, 3.8) is 0 Å². The van der Waals surface area contributed by atoms with E-state index in [-0.39, 0.29) is 11.7 Å². The molecule has 1 rings (SSSR count). The number of nitrogens with zero attached hydrogens (tertiary/aromatic N) is 1. The Hall–Kier alpha value is -1.58. The molecule has 1 heterocycles. The van der Waals surface area contributed by atoms with E-state index in [0.29, 0.717) is 25.1 Å². The van der Waals surface area contributed by atoms with Crippen LogP contribution in [0.2, 0.25) is 0 Å². The van der Waals surface area contributed by atoms with Crippen LogP contribution in [0.3, 0.4) is 0 Å². The lowest BCUT2D eigenvalue weighted by molar-refractivity contribution is -0.143. The van der Waals surface area contributed by atoms with Crippen LogP contribution in [0.5, 0.6) is 5.75 Å². The van der Waals surface area contributed by atoms with E-state index < -0.39 is 0 Å². The maximum Gasteiger partial charge on any atom is 0.306 e. The molecule has 1 aromatic rings. The number of carbonyl (C=O) groups excluding carboxylic acids is 1. The molecule has 0 saturated carbocycles. The van der Waals surface area contributed by atoms with Gasteiger partial charge in [0.25, 0.3) is 0 Å². The minimum absolute atomic E-state index is 0.210. The molecule has 0 radical (unpaired) electrons. The number of aryl methyl sites for hydroxylation is 2. The average molecular weight is 223 g/mol. The Morgan fingerprint density at radius 3 is 2.81 bits per heavy atom. The van der Waals surface area contributed by atoms with Gasteiger partial charge in [-0.1, -0.05) is 0 Å². The monoisotopic (exact) mass is 223 g/mol. The highest BCUT2D eigenvalue weighted by atomic mass is 16.5. The van der Waals surface area contributed by atoms with Gasteiger partial charge in [0, 0.05) is 12.6 Å². The molecule has 0 unspecified atom stereocenters. The van der Waals surface area contributed by atoms with Gasteiger partial charge in [0.2, 0.25) is 0 Å². The largest absolute Gasteiger partial charge is 0.506 e. The minimum Gasteiger partial charge on any atom is -0.506 e. The number of aromatic hydroxyl groups is 1. The summed E-state index contributed by atoms with van der Waals surface area (Å²) >= 11 is 0. The summed E-state index contributed by atoms with van der Waals surface area (Å²) in [4.78, 5) is 15.2. The quantitative estimate of drug-likeness (QED) is 0.792. The summed E-state index contributed by atoms with van der Waals surface area (Å²) in [6.45, 7) is 5.75. The Balaban J connectivity index is 2.68. The van der Waals surface area contributed by atoms with Crippen molar-refractivity contribution in [2.75, 3.05) is 6.61 Å². The highest BCUT2D eigenvalue weighted by Crippen LogP contribution is 2.23. The van der Waals surface area contributed by atoms with E-state index in [1.165, 1.54) is 0 Å². The molecule has 0 saturated heterocycles. The van der Waals surface area contributed by atoms with Crippen molar-refractivity contribution in [1.29, 1.82) is 0 Å². The van der Waals surface area contributed by atoms with Crippen molar-refractivity contribution in [2.24, 2.45) is 0 Å². The fourth-order valence-corrected chi connectivity index (χ4v) is 1.48. The van der Waals surface area contributed by atoms with Gasteiger partial charge in [0.05, 0.1) is 12.3 Å². The van der Waals surface area contributed by atoms with Crippen LogP contribution in [0.15, 0.2) is 6.20 Å². The summed E-state index contributed by atoms with van der Waals surface area (Å²) in [5.41, 5.74) is 2.28. The van der Waals surface area contributed by atoms with Crippen LogP contribution in [0, 0.1) is 13.8 Å². The molecule has 0 atom stereocenters. The molecule has 4 heteroatoms. The van der Waals surface area contributed by atoms with Crippen LogP contribution in [0.1, 0.15) is 30.2 Å². The Bertz CT molecular complexity index is 388. The number of hydrogen-bond donors (Lipinski definition) is 1. The second-order valence-corrected chi connectivity index (χ2v) is 3.65. The van der Waals surface area contributed by atoms with Crippen molar-refractivity contribution in [2.45, 2.75) is 33.6 Å². The molecule has 88 valence electrons. The zero-order valence-electron chi connectivity index (χ0n) is 9.91. The predicted octanol–water partition coefficient (Wildman–Crippen LogP) is 1.90. The third-order valence-corrected chi connectivity index (χ3v) is 2.50. The fraction of sp³-hybridized carbons (Fsp3) is 0.500. The predicted molar refractivity (Wildman–Crippen MR) is 60.3 cm³/mol. The third-order valence-electron chi connectivity index (χ3n) is 2.50. The summed E-state index contributed by atoms with van der Waals surface area (Å²) in [6.07, 6.45) is 2.56. The van der Waals surface area contributed by atoms with Crippen LogP contribution in [0.4, 0.5) is 0 Å². The molecule has 0 spiro atoms. The molecule has 0 aliphatic carbocycles. The van der Waals surface area contributed by atoms with Crippen molar-refractivity contribution < 1.29 is 14.6 Å². The van der Waals surface area contributed by atoms with Gasteiger partial charge in [0.15, 0.2) is 0 Å². The normalized spacial score (nSPS) is 10.2. The van der Waals surface area contributed by atoms with E-state index in [1.54, 1.807) is 20.0 Å². The molecule has 16 heavy (non-hydrogen) atoms. The highest BCUT2D eigenvalue weighted by molar-refractivity contribution is 5.69. The van der Waals surface area contributed by atoms with Gasteiger partial charge in [-0.3, -0.25) is 9.78 Å². The van der Waals surface area contributed by atoms with Crippen LogP contribution in [-0.2, 0) is 16.0 Å². The first-order chi connectivity index (χ1) is 7.56. The fourth-order valence-electron chi connectivity index (χ4n) is 1.48. The van der Waals surface area contributed by atoms with E-state index in [0.717, 1.165) is 11.1 Å². The van der Waals surface area contributed by atoms with Crippen molar-refractivity contribution in [1.82, 2.24) is 4.98 Å². The van der Waals surface area contributed by atoms with Gasteiger partial charge in [-0.25, -0.2) is 0 Å². The van der Waals surface area contributed by atoms with Gasteiger partial charge >= 0.3 is 5.97 Å². The molecule has 0 aliphatic rings. The lowest BCUT2D eigenvalue weighted by Crippen LogP contribution is -2.06. The standard InChI is InChI=1S/C12H17NO3/c1-4-16-11(14)6-5-10-7-13-9(3)12(15)8(10)2/h7,15H,4-6H2,1-3H3. The molecular formula is C12H17NO3. The number of esters is 1. The molecule has 1 aromatic heterocycles. The van der Waals surface area contributed by atoms with E-state index in [2.05, 4.69) is 4.98 Å². The van der Waals surface area contributed by atoms with Gasteiger partial charge < -0.3 is 9.84 Å². The van der Waals surface area contributed by atoms with Gasteiger partial charge in [-0.05, 0) is 38.3 Å². The van der Waals surface area contributed by atoms with Crippen molar-refractivity contribution in [3.8, 4) is 5.75 Å². The average Bonchev–Trinajstić information content (AvgIpc) is 2.25. The first-order valence-corrected chi connectivity index (χ1v) is 5.36. The topological polar surface area (TPSA) is 59.4 Å². The molecule has 0 aromatic carbocycles. The molecule has 0 fully saturated rings. The van der Waals surface area contributed by atoms with Crippen LogP contribution in [-0.4, -0.2) is 22.7 Å². The van der Waals surface area contributed by atoms with E-state index in [9.17, 15) is 9.90 Å². The Kier molecular flexibility index (Phi) is 4.28. The summed E-state index contributed by atoms with van der Waals surface area (Å²) in [7, 11) is 0. The molecule has 4 nitrogen and oxygen atoms in total. The van der Waals surface area contributed by atoms with Gasteiger partial charge in [0.1, 0.15) is 5.75 Å². The number of carbonyl (C=O) groups is 1. The Morgan fingerprint density at radius 1 is 1.50 bits per heavy atom. The summed E-state index contributed by atoms with van der Waals surface area (Å²) in [5.74, 6) is -0.0108. The molecule has 0 amide bonds. The zero-order valence-corrected chi connectivity index (χ0v) is 9.91. The Morgan fingerprint density at radius 2 is 2.19 bits per heavy atom. The lowest BCUT2D eigenvalue weighted by atomic mass is 10.0. The second-order valence-electron chi connectivity index (χ2n) is 3.65. The first kappa shape index (κ1) is 12.5. The molecular weight excluding hydrogens is 206 g/mol. The first-order valence-electron chi connectivity index (χ1n) is 5.36. The molecule has 1 N–H and O–H groups in total. The SMILES string of the molecule is CCOC(=O)CCc1cnc(C)c(O)c1C. The van der Waals surface area contributed by atoms with Crippen LogP contribution in [0.25, 0.3) is 0 Å². The van der Waals surface area contributed by atoms with E-state index in [1.807, 2.05) is 6.92 Å². The van der Waals surface area contributed by atoms with Gasteiger partial charge in [-0.2, -0.15) is 0 Å². The highest BCUT2D eigenvalue weighted by Gasteiger charge is 2.09. The zero-order chi connectivity index (χ0) is 12.1. The maximum absolute atomic E-state index is 11.2. The Labute approximate surface area is 95.3 Å². The smallest absolute Gasteiger partial charge is 0.306 e. The minimum atomic E-state index is -0.220. The molecule has 0 bridgehead atoms. The third kappa shape index (κ3) is 2.95.